The van der Waals surface area contributed by atoms with E-state index in [0.717, 1.165) is 0 Å². The lowest BCUT2D eigenvalue weighted by Crippen LogP contribution is -2.27. The summed E-state index contributed by atoms with van der Waals surface area (Å²) >= 11 is 5.89. The van der Waals surface area contributed by atoms with Crippen LogP contribution in [-0.4, -0.2) is 43.8 Å². The first-order valence-corrected chi connectivity index (χ1v) is 9.21. The van der Waals surface area contributed by atoms with E-state index < -0.39 is 21.7 Å². The molecule has 1 heterocycles. The van der Waals surface area contributed by atoms with Crippen molar-refractivity contribution in [2.45, 2.75) is 13.3 Å². The summed E-state index contributed by atoms with van der Waals surface area (Å²) in [7, 11) is -3.11. The number of benzene rings is 1. The van der Waals surface area contributed by atoms with Gasteiger partial charge in [-0.25, -0.2) is 13.8 Å². The average molecular weight is 361 g/mol. The number of carbonyl (C=O) groups is 1. The Balaban J connectivity index is 2.02. The van der Waals surface area contributed by atoms with Crippen LogP contribution in [0.5, 0.6) is 11.5 Å². The molecule has 126 valence electrons. The van der Waals surface area contributed by atoms with Crippen LogP contribution in [0.2, 0.25) is 5.02 Å². The molecular weight excluding hydrogens is 344 g/mol. The Morgan fingerprint density at radius 3 is 2.91 bits per heavy atom. The third-order valence-corrected chi connectivity index (χ3v) is 5.40. The number of sulfone groups is 1. The molecule has 9 heteroatoms. The molecule has 1 amide bonds. The number of ether oxygens (including phenoxy) is 1. The van der Waals surface area contributed by atoms with Crippen LogP contribution in [0.25, 0.3) is 0 Å². The minimum absolute atomic E-state index is 0.0279. The Morgan fingerprint density at radius 2 is 2.30 bits per heavy atom. The van der Waals surface area contributed by atoms with Crippen molar-refractivity contribution < 1.29 is 23.1 Å². The van der Waals surface area contributed by atoms with E-state index in [9.17, 15) is 18.3 Å². The molecule has 1 fully saturated rings. The van der Waals surface area contributed by atoms with Gasteiger partial charge in [-0.2, -0.15) is 5.10 Å². The maximum atomic E-state index is 11.8. The molecule has 1 aliphatic rings. The van der Waals surface area contributed by atoms with Crippen LogP contribution in [0.3, 0.4) is 0 Å². The summed E-state index contributed by atoms with van der Waals surface area (Å²) in [4.78, 5) is 11.8. The first-order valence-electron chi connectivity index (χ1n) is 7.01. The average Bonchev–Trinajstić information content (AvgIpc) is 2.84. The third kappa shape index (κ3) is 4.59. The lowest BCUT2D eigenvalue weighted by atomic mass is 10.1. The summed E-state index contributed by atoms with van der Waals surface area (Å²) in [5.74, 6) is -1.06. The number of phenols is 1. The maximum absolute atomic E-state index is 11.8. The first-order chi connectivity index (χ1) is 10.8. The Bertz CT molecular complexity index is 733. The van der Waals surface area contributed by atoms with Crippen molar-refractivity contribution in [2.75, 3.05) is 18.1 Å². The van der Waals surface area contributed by atoms with Gasteiger partial charge in [0.15, 0.2) is 21.3 Å². The summed E-state index contributed by atoms with van der Waals surface area (Å²) in [5.41, 5.74) is 2.84. The molecule has 1 aromatic rings. The largest absolute Gasteiger partial charge is 0.503 e. The van der Waals surface area contributed by atoms with Gasteiger partial charge in [0.25, 0.3) is 0 Å². The van der Waals surface area contributed by atoms with Gasteiger partial charge in [0.05, 0.1) is 35.3 Å². The molecule has 0 radical (unpaired) electrons. The number of aromatic hydroxyl groups is 1. The zero-order valence-corrected chi connectivity index (χ0v) is 14.0. The number of hydrogen-bond donors (Lipinski definition) is 2. The Kier molecular flexibility index (Phi) is 5.48. The van der Waals surface area contributed by atoms with Crippen LogP contribution in [0.4, 0.5) is 0 Å². The Morgan fingerprint density at radius 1 is 1.57 bits per heavy atom. The van der Waals surface area contributed by atoms with Crippen molar-refractivity contribution in [3.8, 4) is 11.5 Å². The van der Waals surface area contributed by atoms with E-state index in [1.54, 1.807) is 6.92 Å². The van der Waals surface area contributed by atoms with E-state index in [4.69, 9.17) is 16.3 Å². The fraction of sp³-hybridized carbons (Fsp3) is 0.429. The molecule has 0 saturated carbocycles. The molecule has 1 saturated heterocycles. The minimum atomic E-state index is -3.11. The summed E-state index contributed by atoms with van der Waals surface area (Å²) < 4.78 is 27.9. The number of hydrazone groups is 1. The number of halogens is 1. The van der Waals surface area contributed by atoms with E-state index in [-0.39, 0.29) is 28.0 Å². The molecule has 23 heavy (non-hydrogen) atoms. The zero-order chi connectivity index (χ0) is 17.0. The number of carbonyl (C=O) groups excluding carboxylic acids is 1. The molecule has 7 nitrogen and oxygen atoms in total. The molecule has 1 atom stereocenters. The zero-order valence-electron chi connectivity index (χ0n) is 12.5. The number of nitrogens with one attached hydrogen (secondary N) is 1. The number of nitrogens with zero attached hydrogens (tertiary/aromatic N) is 1. The third-order valence-electron chi connectivity index (χ3n) is 3.34. The number of amides is 1. The lowest BCUT2D eigenvalue weighted by Gasteiger charge is -2.08. The van der Waals surface area contributed by atoms with Gasteiger partial charge in [0.2, 0.25) is 5.91 Å². The van der Waals surface area contributed by atoms with Crippen molar-refractivity contribution in [1.29, 1.82) is 0 Å². The van der Waals surface area contributed by atoms with E-state index in [0.29, 0.717) is 18.6 Å². The van der Waals surface area contributed by atoms with E-state index >= 15 is 0 Å². The second-order valence-electron chi connectivity index (χ2n) is 5.12. The highest BCUT2D eigenvalue weighted by Gasteiger charge is 2.32. The van der Waals surface area contributed by atoms with Gasteiger partial charge in [-0.05, 0) is 31.0 Å². The van der Waals surface area contributed by atoms with Gasteiger partial charge in [-0.15, -0.1) is 0 Å². The lowest BCUT2D eigenvalue weighted by molar-refractivity contribution is -0.124. The summed E-state index contributed by atoms with van der Waals surface area (Å²) in [6.45, 7) is 2.13. The smallest absolute Gasteiger partial charge is 0.244 e. The van der Waals surface area contributed by atoms with Gasteiger partial charge in [0.1, 0.15) is 0 Å². The first kappa shape index (κ1) is 17.6. The number of rotatable bonds is 5. The van der Waals surface area contributed by atoms with Crippen molar-refractivity contribution in [2.24, 2.45) is 11.0 Å². The van der Waals surface area contributed by atoms with Crippen molar-refractivity contribution in [3.63, 3.8) is 0 Å². The fourth-order valence-corrected chi connectivity index (χ4v) is 4.16. The topological polar surface area (TPSA) is 105 Å². The maximum Gasteiger partial charge on any atom is 0.244 e. The van der Waals surface area contributed by atoms with Gasteiger partial charge < -0.3 is 9.84 Å². The monoisotopic (exact) mass is 360 g/mol. The second kappa shape index (κ2) is 7.18. The standard InChI is InChI=1S/C14H17ClN2O5S/c1-2-22-12-6-9(5-11(15)13(12)18)7-16-17-14(19)10-3-4-23(20,21)8-10/h5-7,10,18H,2-4,8H2,1H3,(H,17,19)/b16-7+/t10-/m0/s1. The van der Waals surface area contributed by atoms with Crippen LogP contribution in [0, 0.1) is 5.92 Å². The van der Waals surface area contributed by atoms with Crippen molar-refractivity contribution >= 4 is 33.6 Å². The molecule has 0 spiro atoms. The Hall–Kier alpha value is -1.80. The van der Waals surface area contributed by atoms with Crippen molar-refractivity contribution in [3.05, 3.63) is 22.7 Å². The predicted molar refractivity (Wildman–Crippen MR) is 86.8 cm³/mol. The van der Waals surface area contributed by atoms with Gasteiger partial charge in [-0.1, -0.05) is 11.6 Å². The fourth-order valence-electron chi connectivity index (χ4n) is 2.20. The van der Waals surface area contributed by atoms with Gasteiger partial charge in [-0.3, -0.25) is 4.79 Å². The van der Waals surface area contributed by atoms with Crippen LogP contribution in [0.15, 0.2) is 17.2 Å². The molecule has 2 rings (SSSR count). The van der Waals surface area contributed by atoms with Crippen LogP contribution < -0.4 is 10.2 Å². The second-order valence-corrected chi connectivity index (χ2v) is 7.75. The van der Waals surface area contributed by atoms with Crippen molar-refractivity contribution in [1.82, 2.24) is 5.43 Å². The summed E-state index contributed by atoms with van der Waals surface area (Å²) in [5, 5.41) is 13.6. The molecule has 0 bridgehead atoms. The highest BCUT2D eigenvalue weighted by molar-refractivity contribution is 7.91. The van der Waals surface area contributed by atoms with E-state index in [1.165, 1.54) is 18.3 Å². The molecule has 1 aromatic carbocycles. The van der Waals surface area contributed by atoms with E-state index in [1.807, 2.05) is 0 Å². The summed E-state index contributed by atoms with van der Waals surface area (Å²) in [6.07, 6.45) is 1.65. The molecule has 0 unspecified atom stereocenters. The highest BCUT2D eigenvalue weighted by Crippen LogP contribution is 2.34. The summed E-state index contributed by atoms with van der Waals surface area (Å²) in [6, 6.07) is 3.00. The quantitative estimate of drug-likeness (QED) is 0.608. The van der Waals surface area contributed by atoms with Crippen LogP contribution >= 0.6 is 11.6 Å². The normalized spacial score (nSPS) is 19.8. The molecule has 0 aromatic heterocycles. The molecular formula is C14H17ClN2O5S. The highest BCUT2D eigenvalue weighted by atomic mass is 35.5. The Labute approximate surface area is 139 Å². The molecule has 1 aliphatic heterocycles. The molecule has 2 N–H and O–H groups in total. The van der Waals surface area contributed by atoms with E-state index in [2.05, 4.69) is 10.5 Å². The van der Waals surface area contributed by atoms with Gasteiger partial charge in [0, 0.05) is 0 Å². The van der Waals surface area contributed by atoms with Gasteiger partial charge >= 0.3 is 0 Å². The SMILES string of the molecule is CCOc1cc(/C=N/NC(=O)[C@H]2CCS(=O)(=O)C2)cc(Cl)c1O. The van der Waals surface area contributed by atoms with Crippen LogP contribution in [0.1, 0.15) is 18.9 Å². The number of hydrogen-bond acceptors (Lipinski definition) is 6. The minimum Gasteiger partial charge on any atom is -0.503 e. The van der Waals surface area contributed by atoms with Crippen LogP contribution in [-0.2, 0) is 14.6 Å². The predicted octanol–water partition coefficient (Wildman–Crippen LogP) is 1.33. The number of phenolic OH excluding ortho intramolecular Hbond substituents is 1. The molecule has 0 aliphatic carbocycles.